The van der Waals surface area contributed by atoms with Crippen molar-refractivity contribution in [2.45, 2.75) is 44.0 Å². The standard InChI is InChI=1S/C15H19FO3/c1-11-3-2-4-12(13(11)16)14(17)5-7-15(8-6-14)18-9-10-19-15/h2-4,17H,5-10H2,1H3. The number of aryl methyl sites for hydroxylation is 1. The van der Waals surface area contributed by atoms with E-state index >= 15 is 0 Å². The minimum absolute atomic E-state index is 0.297. The van der Waals surface area contributed by atoms with E-state index in [4.69, 9.17) is 9.47 Å². The second-order valence-corrected chi connectivity index (χ2v) is 5.58. The molecule has 1 N–H and O–H groups in total. The number of hydrogen-bond donors (Lipinski definition) is 1. The van der Waals surface area contributed by atoms with Crippen LogP contribution in [0.4, 0.5) is 4.39 Å². The molecule has 19 heavy (non-hydrogen) atoms. The lowest BCUT2D eigenvalue weighted by molar-refractivity contribution is -0.204. The van der Waals surface area contributed by atoms with Gasteiger partial charge < -0.3 is 14.6 Å². The first-order valence-corrected chi connectivity index (χ1v) is 6.81. The number of benzene rings is 1. The van der Waals surface area contributed by atoms with Gasteiger partial charge in [-0.25, -0.2) is 4.39 Å². The Hall–Kier alpha value is -0.970. The van der Waals surface area contributed by atoms with E-state index in [1.54, 1.807) is 25.1 Å². The predicted octanol–water partition coefficient (Wildman–Crippen LogP) is 2.64. The molecule has 3 nitrogen and oxygen atoms in total. The van der Waals surface area contributed by atoms with Crippen molar-refractivity contribution in [3.8, 4) is 0 Å². The quantitative estimate of drug-likeness (QED) is 0.849. The zero-order chi connectivity index (χ0) is 13.5. The zero-order valence-corrected chi connectivity index (χ0v) is 11.1. The number of hydrogen-bond acceptors (Lipinski definition) is 3. The number of halogens is 1. The maximum atomic E-state index is 14.2. The Morgan fingerprint density at radius 2 is 1.74 bits per heavy atom. The molecule has 3 rings (SSSR count). The van der Waals surface area contributed by atoms with Gasteiger partial charge >= 0.3 is 0 Å². The van der Waals surface area contributed by atoms with Crippen LogP contribution in [0.25, 0.3) is 0 Å². The van der Waals surface area contributed by atoms with Crippen LogP contribution in [0.15, 0.2) is 18.2 Å². The van der Waals surface area contributed by atoms with Gasteiger partial charge in [0, 0.05) is 18.4 Å². The summed E-state index contributed by atoms with van der Waals surface area (Å²) in [5.74, 6) is -0.832. The SMILES string of the molecule is Cc1cccc(C2(O)CCC3(CC2)OCCO3)c1F. The number of rotatable bonds is 1. The largest absolute Gasteiger partial charge is 0.385 e. The Bertz CT molecular complexity index is 470. The first-order chi connectivity index (χ1) is 9.05. The van der Waals surface area contributed by atoms with Crippen LogP contribution in [0, 0.1) is 12.7 Å². The molecule has 1 heterocycles. The van der Waals surface area contributed by atoms with E-state index in [0.29, 0.717) is 50.0 Å². The van der Waals surface area contributed by atoms with Crippen LogP contribution in [0.3, 0.4) is 0 Å². The van der Waals surface area contributed by atoms with E-state index in [-0.39, 0.29) is 5.82 Å². The Kier molecular flexibility index (Phi) is 3.12. The highest BCUT2D eigenvalue weighted by Crippen LogP contribution is 2.45. The topological polar surface area (TPSA) is 38.7 Å². The van der Waals surface area contributed by atoms with Gasteiger partial charge in [-0.3, -0.25) is 0 Å². The Balaban J connectivity index is 1.83. The van der Waals surface area contributed by atoms with E-state index in [1.165, 1.54) is 0 Å². The van der Waals surface area contributed by atoms with Crippen LogP contribution < -0.4 is 0 Å². The highest BCUT2D eigenvalue weighted by molar-refractivity contribution is 5.30. The minimum atomic E-state index is -1.10. The van der Waals surface area contributed by atoms with Crippen LogP contribution in [0.5, 0.6) is 0 Å². The lowest BCUT2D eigenvalue weighted by atomic mass is 9.76. The van der Waals surface area contributed by atoms with Gasteiger partial charge in [-0.2, -0.15) is 0 Å². The van der Waals surface area contributed by atoms with Gasteiger partial charge in [0.05, 0.1) is 18.8 Å². The summed E-state index contributed by atoms with van der Waals surface area (Å²) in [6.45, 7) is 2.93. The summed E-state index contributed by atoms with van der Waals surface area (Å²) in [4.78, 5) is 0. The lowest BCUT2D eigenvalue weighted by Crippen LogP contribution is -2.42. The van der Waals surface area contributed by atoms with E-state index in [2.05, 4.69) is 0 Å². The molecular weight excluding hydrogens is 247 g/mol. The van der Waals surface area contributed by atoms with E-state index in [0.717, 1.165) is 0 Å². The molecule has 4 heteroatoms. The van der Waals surface area contributed by atoms with Crippen LogP contribution >= 0.6 is 0 Å². The van der Waals surface area contributed by atoms with Crippen molar-refractivity contribution in [3.63, 3.8) is 0 Å². The molecule has 1 aromatic rings. The summed E-state index contributed by atoms with van der Waals surface area (Å²) < 4.78 is 25.5. The minimum Gasteiger partial charge on any atom is -0.385 e. The van der Waals surface area contributed by atoms with Crippen LogP contribution in [0.2, 0.25) is 0 Å². The summed E-state index contributed by atoms with van der Waals surface area (Å²) in [7, 11) is 0. The van der Waals surface area contributed by atoms with E-state index < -0.39 is 11.4 Å². The van der Waals surface area contributed by atoms with Gasteiger partial charge in [-0.05, 0) is 25.3 Å². The average molecular weight is 266 g/mol. The fraction of sp³-hybridized carbons (Fsp3) is 0.600. The van der Waals surface area contributed by atoms with E-state index in [1.807, 2.05) is 0 Å². The molecule has 0 amide bonds. The number of aliphatic hydroxyl groups is 1. The molecule has 1 saturated heterocycles. The second-order valence-electron chi connectivity index (χ2n) is 5.58. The fourth-order valence-electron chi connectivity index (χ4n) is 3.11. The molecular formula is C15H19FO3. The monoisotopic (exact) mass is 266 g/mol. The molecule has 0 aromatic heterocycles. The van der Waals surface area contributed by atoms with Gasteiger partial charge in [0.2, 0.25) is 0 Å². The maximum absolute atomic E-state index is 14.2. The zero-order valence-electron chi connectivity index (χ0n) is 11.1. The smallest absolute Gasteiger partial charge is 0.168 e. The first-order valence-electron chi connectivity index (χ1n) is 6.81. The van der Waals surface area contributed by atoms with Gasteiger partial charge in [-0.15, -0.1) is 0 Å². The molecule has 0 atom stereocenters. The van der Waals surface area contributed by atoms with Crippen molar-refractivity contribution >= 4 is 0 Å². The van der Waals surface area contributed by atoms with Gasteiger partial charge in [0.25, 0.3) is 0 Å². The Labute approximate surface area is 112 Å². The van der Waals surface area contributed by atoms with Crippen molar-refractivity contribution in [2.75, 3.05) is 13.2 Å². The fourth-order valence-corrected chi connectivity index (χ4v) is 3.11. The third-order valence-corrected chi connectivity index (χ3v) is 4.35. The summed E-state index contributed by atoms with van der Waals surface area (Å²) in [6.07, 6.45) is 2.15. The molecule has 1 spiro atoms. The first kappa shape index (κ1) is 13.0. The third kappa shape index (κ3) is 2.18. The molecule has 0 radical (unpaired) electrons. The van der Waals surface area contributed by atoms with E-state index in [9.17, 15) is 9.50 Å². The van der Waals surface area contributed by atoms with Crippen LogP contribution in [0.1, 0.15) is 36.8 Å². The summed E-state index contributed by atoms with van der Waals surface area (Å²) in [5.41, 5.74) is -0.128. The summed E-state index contributed by atoms with van der Waals surface area (Å²) >= 11 is 0. The highest BCUT2D eigenvalue weighted by atomic mass is 19.1. The van der Waals surface area contributed by atoms with Crippen molar-refractivity contribution < 1.29 is 19.0 Å². The van der Waals surface area contributed by atoms with Crippen LogP contribution in [-0.4, -0.2) is 24.1 Å². The molecule has 1 aromatic carbocycles. The second kappa shape index (κ2) is 4.54. The molecule has 1 saturated carbocycles. The number of ether oxygens (including phenoxy) is 2. The molecule has 1 aliphatic heterocycles. The van der Waals surface area contributed by atoms with Crippen molar-refractivity contribution in [2.24, 2.45) is 0 Å². The molecule has 0 unspecified atom stereocenters. The molecule has 1 aliphatic carbocycles. The maximum Gasteiger partial charge on any atom is 0.168 e. The molecule has 104 valence electrons. The normalized spacial score (nSPS) is 24.8. The molecule has 2 aliphatic rings. The predicted molar refractivity (Wildman–Crippen MR) is 68.1 cm³/mol. The third-order valence-electron chi connectivity index (χ3n) is 4.35. The van der Waals surface area contributed by atoms with Gasteiger partial charge in [0.15, 0.2) is 5.79 Å². The Morgan fingerprint density at radius 3 is 2.37 bits per heavy atom. The van der Waals surface area contributed by atoms with Crippen molar-refractivity contribution in [1.29, 1.82) is 0 Å². The molecule has 2 fully saturated rings. The van der Waals surface area contributed by atoms with Crippen molar-refractivity contribution in [1.82, 2.24) is 0 Å². The lowest BCUT2D eigenvalue weighted by Gasteiger charge is -2.41. The van der Waals surface area contributed by atoms with Gasteiger partial charge in [-0.1, -0.05) is 18.2 Å². The summed E-state index contributed by atoms with van der Waals surface area (Å²) in [5, 5.41) is 10.7. The summed E-state index contributed by atoms with van der Waals surface area (Å²) in [6, 6.07) is 5.19. The molecule has 0 bridgehead atoms. The van der Waals surface area contributed by atoms with Gasteiger partial charge in [0.1, 0.15) is 5.82 Å². The Morgan fingerprint density at radius 1 is 1.11 bits per heavy atom. The van der Waals surface area contributed by atoms with Crippen LogP contribution in [-0.2, 0) is 15.1 Å². The van der Waals surface area contributed by atoms with Crippen molar-refractivity contribution in [3.05, 3.63) is 35.1 Å². The highest BCUT2D eigenvalue weighted by Gasteiger charge is 2.47. The average Bonchev–Trinajstić information content (AvgIpc) is 2.86.